The standard InChI is InChI=1S/C23H38O2.C3H8O/c1-3-5-6-7-8-9-10-11-12-13-14-15-16-17-18-19-20-21-23(24)25-22-4-2;1-3(2)4/h8-9,11-12,14-15,17-18H,3-7,10,13,16,19-22H2,1-2H3;3-4H,1-2H3/b9-8-,12-11-,15-14-,18-17-;. The molecule has 0 rings (SSSR count). The zero-order chi connectivity index (χ0) is 22.0. The van der Waals surface area contributed by atoms with E-state index in [0.717, 1.165) is 38.5 Å². The van der Waals surface area contributed by atoms with Gasteiger partial charge in [0.2, 0.25) is 0 Å². The van der Waals surface area contributed by atoms with E-state index in [9.17, 15) is 4.79 Å². The molecule has 0 saturated heterocycles. The van der Waals surface area contributed by atoms with Crippen LogP contribution in [0.2, 0.25) is 0 Å². The molecule has 0 aromatic heterocycles. The lowest BCUT2D eigenvalue weighted by Gasteiger charge is -2.00. The molecule has 0 atom stereocenters. The van der Waals surface area contributed by atoms with Crippen LogP contribution < -0.4 is 0 Å². The van der Waals surface area contributed by atoms with Crippen molar-refractivity contribution >= 4 is 5.97 Å². The maximum Gasteiger partial charge on any atom is 0.305 e. The predicted molar refractivity (Wildman–Crippen MR) is 127 cm³/mol. The van der Waals surface area contributed by atoms with Gasteiger partial charge in [0.15, 0.2) is 0 Å². The fraction of sp³-hybridized carbons (Fsp3) is 0.654. The van der Waals surface area contributed by atoms with Gasteiger partial charge in [-0.25, -0.2) is 0 Å². The van der Waals surface area contributed by atoms with E-state index in [4.69, 9.17) is 9.84 Å². The van der Waals surface area contributed by atoms with E-state index in [1.54, 1.807) is 13.8 Å². The second-order valence-electron chi connectivity index (χ2n) is 7.29. The van der Waals surface area contributed by atoms with Crippen molar-refractivity contribution in [2.45, 2.75) is 104 Å². The number of ether oxygens (including phenoxy) is 1. The van der Waals surface area contributed by atoms with Crippen LogP contribution in [0.1, 0.15) is 98.3 Å². The lowest BCUT2D eigenvalue weighted by molar-refractivity contribution is -0.143. The lowest BCUT2D eigenvalue weighted by atomic mass is 10.2. The number of hydrogen-bond donors (Lipinski definition) is 1. The summed E-state index contributed by atoms with van der Waals surface area (Å²) in [5, 5.41) is 8.06. The summed E-state index contributed by atoms with van der Waals surface area (Å²) in [7, 11) is 0. The molecule has 0 amide bonds. The first-order valence-electron chi connectivity index (χ1n) is 11.5. The third kappa shape index (κ3) is 34.3. The molecule has 0 aliphatic heterocycles. The minimum atomic E-state index is -0.167. The topological polar surface area (TPSA) is 46.5 Å². The Morgan fingerprint density at radius 3 is 1.66 bits per heavy atom. The Kier molecular flexibility index (Phi) is 26.9. The van der Waals surface area contributed by atoms with Gasteiger partial charge in [-0.05, 0) is 65.2 Å². The van der Waals surface area contributed by atoms with E-state index in [2.05, 4.69) is 55.5 Å². The first-order chi connectivity index (χ1) is 14.0. The fourth-order valence-electron chi connectivity index (χ4n) is 2.21. The summed E-state index contributed by atoms with van der Waals surface area (Å²) < 4.78 is 5.04. The second kappa shape index (κ2) is 26.4. The van der Waals surface area contributed by atoms with Crippen molar-refractivity contribution in [1.29, 1.82) is 0 Å². The Morgan fingerprint density at radius 2 is 1.21 bits per heavy atom. The van der Waals surface area contributed by atoms with E-state index in [-0.39, 0.29) is 12.1 Å². The minimum absolute atomic E-state index is 0.0715. The summed E-state index contributed by atoms with van der Waals surface area (Å²) in [5.41, 5.74) is 0. The molecule has 0 heterocycles. The van der Waals surface area contributed by atoms with Crippen LogP contribution in [0.5, 0.6) is 0 Å². The Labute approximate surface area is 180 Å². The van der Waals surface area contributed by atoms with Crippen LogP contribution in [0.3, 0.4) is 0 Å². The van der Waals surface area contributed by atoms with E-state index in [1.165, 1.54) is 25.7 Å². The average molecular weight is 407 g/mol. The molecule has 168 valence electrons. The molecule has 0 fully saturated rings. The molecule has 0 aromatic carbocycles. The summed E-state index contributed by atoms with van der Waals surface area (Å²) in [6, 6.07) is 0. The number of rotatable bonds is 16. The highest BCUT2D eigenvalue weighted by Crippen LogP contribution is 2.02. The van der Waals surface area contributed by atoms with Crippen molar-refractivity contribution in [2.75, 3.05) is 6.61 Å². The van der Waals surface area contributed by atoms with E-state index < -0.39 is 0 Å². The van der Waals surface area contributed by atoms with Gasteiger partial charge in [0, 0.05) is 12.5 Å². The SMILES string of the molecule is CC(C)O.CCCCC/C=C\C/C=C\C/C=C\C/C=C\CCCC(=O)OCCC. The smallest absolute Gasteiger partial charge is 0.305 e. The van der Waals surface area contributed by atoms with Crippen LogP contribution in [0, 0.1) is 0 Å². The Balaban J connectivity index is 0. The van der Waals surface area contributed by atoms with Crippen molar-refractivity contribution in [1.82, 2.24) is 0 Å². The molecule has 1 N–H and O–H groups in total. The Bertz CT molecular complexity index is 442. The fourth-order valence-corrected chi connectivity index (χ4v) is 2.21. The van der Waals surface area contributed by atoms with Crippen molar-refractivity contribution in [2.24, 2.45) is 0 Å². The molecule has 0 spiro atoms. The molecule has 3 nitrogen and oxygen atoms in total. The molecule has 29 heavy (non-hydrogen) atoms. The summed E-state index contributed by atoms with van der Waals surface area (Å²) in [6.07, 6.45) is 29.0. The third-order valence-corrected chi connectivity index (χ3v) is 3.68. The van der Waals surface area contributed by atoms with Gasteiger partial charge >= 0.3 is 5.97 Å². The summed E-state index contributed by atoms with van der Waals surface area (Å²) >= 11 is 0. The van der Waals surface area contributed by atoms with Gasteiger partial charge in [0.25, 0.3) is 0 Å². The molecular formula is C26H46O3. The normalized spacial score (nSPS) is 11.8. The zero-order valence-electron chi connectivity index (χ0n) is 19.4. The molecule has 0 radical (unpaired) electrons. The number of esters is 1. The average Bonchev–Trinajstić information content (AvgIpc) is 2.68. The summed E-state index contributed by atoms with van der Waals surface area (Å²) in [4.78, 5) is 11.3. The van der Waals surface area contributed by atoms with E-state index >= 15 is 0 Å². The highest BCUT2D eigenvalue weighted by Gasteiger charge is 1.99. The van der Waals surface area contributed by atoms with Crippen LogP contribution in [-0.2, 0) is 9.53 Å². The third-order valence-electron chi connectivity index (χ3n) is 3.68. The number of hydrogen-bond acceptors (Lipinski definition) is 3. The summed E-state index contributed by atoms with van der Waals surface area (Å²) in [6.45, 7) is 8.23. The van der Waals surface area contributed by atoms with Crippen molar-refractivity contribution in [3.05, 3.63) is 48.6 Å². The number of aliphatic hydroxyl groups excluding tert-OH is 1. The van der Waals surface area contributed by atoms with Gasteiger partial charge in [0.05, 0.1) is 6.61 Å². The number of allylic oxidation sites excluding steroid dienone is 8. The highest BCUT2D eigenvalue weighted by atomic mass is 16.5. The largest absolute Gasteiger partial charge is 0.466 e. The monoisotopic (exact) mass is 406 g/mol. The first-order valence-corrected chi connectivity index (χ1v) is 11.5. The van der Waals surface area contributed by atoms with Gasteiger partial charge in [-0.1, -0.05) is 75.3 Å². The molecule has 3 heteroatoms. The molecule has 0 bridgehead atoms. The van der Waals surface area contributed by atoms with Crippen molar-refractivity contribution in [3.8, 4) is 0 Å². The minimum Gasteiger partial charge on any atom is -0.466 e. The van der Waals surface area contributed by atoms with Crippen LogP contribution >= 0.6 is 0 Å². The first kappa shape index (κ1) is 29.6. The van der Waals surface area contributed by atoms with E-state index in [1.807, 2.05) is 6.92 Å². The van der Waals surface area contributed by atoms with Gasteiger partial charge in [-0.15, -0.1) is 0 Å². The predicted octanol–water partition coefficient (Wildman–Crippen LogP) is 7.47. The maximum absolute atomic E-state index is 11.3. The van der Waals surface area contributed by atoms with Crippen LogP contribution in [-0.4, -0.2) is 23.8 Å². The van der Waals surface area contributed by atoms with Crippen molar-refractivity contribution in [3.63, 3.8) is 0 Å². The van der Waals surface area contributed by atoms with Gasteiger partial charge in [-0.2, -0.15) is 0 Å². The van der Waals surface area contributed by atoms with Crippen LogP contribution in [0.4, 0.5) is 0 Å². The quantitative estimate of drug-likeness (QED) is 0.164. The molecule has 0 saturated carbocycles. The molecule has 0 aromatic rings. The molecule has 0 aliphatic rings. The number of carbonyl (C=O) groups is 1. The lowest BCUT2D eigenvalue weighted by Crippen LogP contribution is -2.04. The second-order valence-corrected chi connectivity index (χ2v) is 7.29. The maximum atomic E-state index is 11.3. The van der Waals surface area contributed by atoms with E-state index in [0.29, 0.717) is 13.0 Å². The number of aliphatic hydroxyl groups is 1. The van der Waals surface area contributed by atoms with Crippen LogP contribution in [0.25, 0.3) is 0 Å². The summed E-state index contributed by atoms with van der Waals surface area (Å²) in [5.74, 6) is -0.0715. The molecular weight excluding hydrogens is 360 g/mol. The van der Waals surface area contributed by atoms with Crippen LogP contribution in [0.15, 0.2) is 48.6 Å². The van der Waals surface area contributed by atoms with Crippen molar-refractivity contribution < 1.29 is 14.6 Å². The van der Waals surface area contributed by atoms with Gasteiger partial charge < -0.3 is 9.84 Å². The zero-order valence-corrected chi connectivity index (χ0v) is 19.4. The Morgan fingerprint density at radius 1 is 0.759 bits per heavy atom. The molecule has 0 aliphatic carbocycles. The van der Waals surface area contributed by atoms with Gasteiger partial charge in [-0.3, -0.25) is 4.79 Å². The number of unbranched alkanes of at least 4 members (excludes halogenated alkanes) is 4. The highest BCUT2D eigenvalue weighted by molar-refractivity contribution is 5.69. The number of carbonyl (C=O) groups excluding carboxylic acids is 1. The van der Waals surface area contributed by atoms with Gasteiger partial charge in [0.1, 0.15) is 0 Å². The molecule has 0 unspecified atom stereocenters. The Hall–Kier alpha value is -1.61.